The van der Waals surface area contributed by atoms with Crippen molar-refractivity contribution in [3.63, 3.8) is 0 Å². The van der Waals surface area contributed by atoms with Crippen molar-refractivity contribution < 1.29 is 0 Å². The number of guanidine groups is 1. The summed E-state index contributed by atoms with van der Waals surface area (Å²) in [7, 11) is 0. The molecule has 1 aliphatic carbocycles. The first-order valence-corrected chi connectivity index (χ1v) is 7.26. The number of halogens is 1. The number of hydrogen-bond donors (Lipinski definition) is 2. The SMILES string of the molecule is CCNC(=NCc1scnc1C)NC1CC=CC1.I. The van der Waals surface area contributed by atoms with E-state index in [1.165, 1.54) is 4.88 Å². The highest BCUT2D eigenvalue weighted by atomic mass is 127. The third-order valence-corrected chi connectivity index (χ3v) is 3.84. The molecule has 1 heterocycles. The lowest BCUT2D eigenvalue weighted by Crippen LogP contribution is -2.42. The Balaban J connectivity index is 0.00000180. The van der Waals surface area contributed by atoms with E-state index in [-0.39, 0.29) is 24.0 Å². The van der Waals surface area contributed by atoms with E-state index >= 15 is 0 Å². The molecule has 1 aliphatic rings. The van der Waals surface area contributed by atoms with Crippen molar-refractivity contribution in [2.24, 2.45) is 4.99 Å². The number of thiazole rings is 1. The quantitative estimate of drug-likeness (QED) is 0.359. The molecule has 19 heavy (non-hydrogen) atoms. The molecule has 0 radical (unpaired) electrons. The summed E-state index contributed by atoms with van der Waals surface area (Å²) in [4.78, 5) is 10.1. The maximum atomic E-state index is 4.62. The van der Waals surface area contributed by atoms with E-state index in [2.05, 4.69) is 39.7 Å². The minimum Gasteiger partial charge on any atom is -0.357 e. The Hall–Kier alpha value is -0.630. The molecular formula is C13H21IN4S. The Morgan fingerprint density at radius 2 is 2.21 bits per heavy atom. The topological polar surface area (TPSA) is 49.3 Å². The average molecular weight is 392 g/mol. The maximum absolute atomic E-state index is 4.62. The first-order valence-electron chi connectivity index (χ1n) is 6.38. The van der Waals surface area contributed by atoms with Crippen LogP contribution in [0, 0.1) is 6.92 Å². The summed E-state index contributed by atoms with van der Waals surface area (Å²) < 4.78 is 0. The first kappa shape index (κ1) is 16.4. The van der Waals surface area contributed by atoms with Crippen LogP contribution in [0.15, 0.2) is 22.7 Å². The van der Waals surface area contributed by atoms with E-state index in [0.717, 1.165) is 31.0 Å². The molecule has 0 saturated heterocycles. The minimum atomic E-state index is 0. The molecule has 2 N–H and O–H groups in total. The van der Waals surface area contributed by atoms with Crippen LogP contribution in [0.4, 0.5) is 0 Å². The van der Waals surface area contributed by atoms with E-state index in [1.54, 1.807) is 11.3 Å². The van der Waals surface area contributed by atoms with Gasteiger partial charge in [0, 0.05) is 17.5 Å². The van der Waals surface area contributed by atoms with Crippen molar-refractivity contribution in [3.8, 4) is 0 Å². The number of nitrogens with zero attached hydrogens (tertiary/aromatic N) is 2. The fourth-order valence-electron chi connectivity index (χ4n) is 1.88. The molecule has 0 aliphatic heterocycles. The third-order valence-electron chi connectivity index (χ3n) is 2.92. The van der Waals surface area contributed by atoms with Gasteiger partial charge in [0.2, 0.25) is 0 Å². The molecule has 4 nitrogen and oxygen atoms in total. The lowest BCUT2D eigenvalue weighted by Gasteiger charge is -2.16. The van der Waals surface area contributed by atoms with Gasteiger partial charge in [0.15, 0.2) is 5.96 Å². The molecule has 1 aromatic rings. The number of rotatable bonds is 4. The summed E-state index contributed by atoms with van der Waals surface area (Å²) in [6, 6.07) is 0.491. The number of nitrogens with one attached hydrogen (secondary N) is 2. The van der Waals surface area contributed by atoms with Crippen LogP contribution >= 0.6 is 35.3 Å². The number of hydrogen-bond acceptors (Lipinski definition) is 3. The van der Waals surface area contributed by atoms with E-state index in [0.29, 0.717) is 12.6 Å². The monoisotopic (exact) mass is 392 g/mol. The van der Waals surface area contributed by atoms with Gasteiger partial charge in [0.05, 0.1) is 17.7 Å². The molecule has 0 fully saturated rings. The van der Waals surface area contributed by atoms with E-state index < -0.39 is 0 Å². The van der Waals surface area contributed by atoms with Gasteiger partial charge in [0.1, 0.15) is 0 Å². The van der Waals surface area contributed by atoms with Crippen molar-refractivity contribution in [3.05, 3.63) is 28.2 Å². The van der Waals surface area contributed by atoms with Crippen LogP contribution in [-0.4, -0.2) is 23.5 Å². The smallest absolute Gasteiger partial charge is 0.191 e. The molecule has 0 bridgehead atoms. The highest BCUT2D eigenvalue weighted by Crippen LogP contribution is 2.13. The molecule has 1 aromatic heterocycles. The standard InChI is InChI=1S/C13H20N4S.HI/c1-3-14-13(17-11-6-4-5-7-11)15-8-12-10(2)16-9-18-12;/h4-5,9,11H,3,6-8H2,1-2H3,(H2,14,15,17);1H. The van der Waals surface area contributed by atoms with Crippen LogP contribution in [0.25, 0.3) is 0 Å². The van der Waals surface area contributed by atoms with Gasteiger partial charge in [0.25, 0.3) is 0 Å². The van der Waals surface area contributed by atoms with Gasteiger partial charge in [-0.3, -0.25) is 0 Å². The largest absolute Gasteiger partial charge is 0.357 e. The highest BCUT2D eigenvalue weighted by molar-refractivity contribution is 14.0. The summed E-state index contributed by atoms with van der Waals surface area (Å²) in [5.74, 6) is 0.902. The Morgan fingerprint density at radius 1 is 1.47 bits per heavy atom. The Morgan fingerprint density at radius 3 is 2.79 bits per heavy atom. The average Bonchev–Trinajstić information content (AvgIpc) is 2.98. The third kappa shape index (κ3) is 5.10. The van der Waals surface area contributed by atoms with Gasteiger partial charge in [-0.15, -0.1) is 35.3 Å². The zero-order chi connectivity index (χ0) is 12.8. The molecule has 0 aromatic carbocycles. The van der Waals surface area contributed by atoms with Gasteiger partial charge in [-0.25, -0.2) is 9.98 Å². The molecule has 0 amide bonds. The molecule has 0 atom stereocenters. The first-order chi connectivity index (χ1) is 8.79. The summed E-state index contributed by atoms with van der Waals surface area (Å²) in [5.41, 5.74) is 2.96. The van der Waals surface area contributed by atoms with Crippen molar-refractivity contribution in [2.45, 2.75) is 39.3 Å². The van der Waals surface area contributed by atoms with Crippen molar-refractivity contribution in [1.29, 1.82) is 0 Å². The zero-order valence-electron chi connectivity index (χ0n) is 11.3. The summed E-state index contributed by atoms with van der Waals surface area (Å²) in [6.45, 7) is 5.70. The zero-order valence-corrected chi connectivity index (χ0v) is 14.5. The van der Waals surface area contributed by atoms with Gasteiger partial charge in [-0.05, 0) is 26.7 Å². The predicted molar refractivity (Wildman–Crippen MR) is 92.4 cm³/mol. The second kappa shape index (κ2) is 8.52. The van der Waals surface area contributed by atoms with E-state index in [1.807, 2.05) is 12.4 Å². The van der Waals surface area contributed by atoms with Crippen LogP contribution in [0.2, 0.25) is 0 Å². The Labute approximate surface area is 135 Å². The molecule has 0 unspecified atom stereocenters. The molecule has 0 spiro atoms. The maximum Gasteiger partial charge on any atom is 0.191 e. The number of aryl methyl sites for hydroxylation is 1. The molecule has 106 valence electrons. The van der Waals surface area contributed by atoms with Gasteiger partial charge in [-0.1, -0.05) is 12.2 Å². The highest BCUT2D eigenvalue weighted by Gasteiger charge is 2.11. The van der Waals surface area contributed by atoms with Gasteiger partial charge in [-0.2, -0.15) is 0 Å². The predicted octanol–water partition coefficient (Wildman–Crippen LogP) is 2.84. The molecular weight excluding hydrogens is 371 g/mol. The minimum absolute atomic E-state index is 0. The molecule has 6 heteroatoms. The lowest BCUT2D eigenvalue weighted by atomic mass is 10.2. The van der Waals surface area contributed by atoms with Crippen LogP contribution in [0.3, 0.4) is 0 Å². The number of aromatic nitrogens is 1. The van der Waals surface area contributed by atoms with Gasteiger partial charge < -0.3 is 10.6 Å². The van der Waals surface area contributed by atoms with Crippen LogP contribution in [0.5, 0.6) is 0 Å². The Kier molecular flexibility index (Phi) is 7.37. The fraction of sp³-hybridized carbons (Fsp3) is 0.538. The molecule has 0 saturated carbocycles. The number of aliphatic imine (C=N–C) groups is 1. The summed E-state index contributed by atoms with van der Waals surface area (Å²) in [6.07, 6.45) is 6.61. The second-order valence-corrected chi connectivity index (χ2v) is 5.28. The van der Waals surface area contributed by atoms with Crippen molar-refractivity contribution >= 4 is 41.3 Å². The second-order valence-electron chi connectivity index (χ2n) is 4.34. The normalized spacial score (nSPS) is 15.4. The summed E-state index contributed by atoms with van der Waals surface area (Å²) >= 11 is 1.67. The van der Waals surface area contributed by atoms with E-state index in [9.17, 15) is 0 Å². The van der Waals surface area contributed by atoms with Crippen LogP contribution in [-0.2, 0) is 6.54 Å². The fourth-order valence-corrected chi connectivity index (χ4v) is 2.58. The summed E-state index contributed by atoms with van der Waals surface area (Å²) in [5, 5.41) is 6.75. The lowest BCUT2D eigenvalue weighted by molar-refractivity contribution is 0.633. The van der Waals surface area contributed by atoms with Gasteiger partial charge >= 0.3 is 0 Å². The van der Waals surface area contributed by atoms with Crippen molar-refractivity contribution in [1.82, 2.24) is 15.6 Å². The van der Waals surface area contributed by atoms with Crippen LogP contribution < -0.4 is 10.6 Å². The van der Waals surface area contributed by atoms with Crippen molar-refractivity contribution in [2.75, 3.05) is 6.54 Å². The van der Waals surface area contributed by atoms with E-state index in [4.69, 9.17) is 0 Å². The van der Waals surface area contributed by atoms with Crippen LogP contribution in [0.1, 0.15) is 30.3 Å². The molecule has 2 rings (SSSR count). The Bertz CT molecular complexity index is 434.